The quantitative estimate of drug-likeness (QED) is 0.580. The topological polar surface area (TPSA) is 55.0 Å². The van der Waals surface area contributed by atoms with E-state index in [1.807, 2.05) is 12.1 Å². The van der Waals surface area contributed by atoms with Gasteiger partial charge in [-0.1, -0.05) is 12.1 Å². The number of benzene rings is 1. The summed E-state index contributed by atoms with van der Waals surface area (Å²) in [5.41, 5.74) is 1.47. The van der Waals surface area contributed by atoms with Crippen molar-refractivity contribution in [3.8, 4) is 0 Å². The molecule has 0 fully saturated rings. The van der Waals surface area contributed by atoms with E-state index in [0.717, 1.165) is 5.56 Å². The highest BCUT2D eigenvalue weighted by atomic mass is 16.5. The molecule has 0 aliphatic carbocycles. The molecule has 0 aliphatic rings. The number of hydroxylamine groups is 3. The molecule has 2 atom stereocenters. The highest BCUT2D eigenvalue weighted by molar-refractivity contribution is 5.38. The van der Waals surface area contributed by atoms with Crippen molar-refractivity contribution >= 4 is 5.69 Å². The number of hydrogen-bond acceptors (Lipinski definition) is 2. The SMILES string of the molecule is C[NH+]([O-])Cc1ccccc1[NH+](C)[O-]. The van der Waals surface area contributed by atoms with Crippen LogP contribution in [0.3, 0.4) is 0 Å². The molecule has 0 aromatic heterocycles. The fraction of sp³-hybridized carbons (Fsp3) is 0.333. The van der Waals surface area contributed by atoms with Crippen LogP contribution in [0.2, 0.25) is 0 Å². The van der Waals surface area contributed by atoms with Crippen LogP contribution in [0, 0.1) is 10.4 Å². The third-order valence-electron chi connectivity index (χ3n) is 1.84. The molecule has 0 spiro atoms. The lowest BCUT2D eigenvalue weighted by Crippen LogP contribution is -3.03. The fourth-order valence-electron chi connectivity index (χ4n) is 1.29. The zero-order valence-electron chi connectivity index (χ0n) is 7.83. The molecule has 72 valence electrons. The van der Waals surface area contributed by atoms with Crippen LogP contribution in [0.1, 0.15) is 5.56 Å². The van der Waals surface area contributed by atoms with Crippen molar-refractivity contribution in [1.29, 1.82) is 0 Å². The van der Waals surface area contributed by atoms with Gasteiger partial charge in [0.25, 0.3) is 0 Å². The number of rotatable bonds is 3. The summed E-state index contributed by atoms with van der Waals surface area (Å²) in [5, 5.41) is 22.1. The lowest BCUT2D eigenvalue weighted by atomic mass is 10.2. The Morgan fingerprint density at radius 1 is 1.15 bits per heavy atom. The van der Waals surface area contributed by atoms with E-state index < -0.39 is 0 Å². The van der Waals surface area contributed by atoms with Crippen LogP contribution >= 0.6 is 0 Å². The summed E-state index contributed by atoms with van der Waals surface area (Å²) in [7, 11) is 3.04. The molecule has 2 unspecified atom stereocenters. The van der Waals surface area contributed by atoms with E-state index in [-0.39, 0.29) is 10.1 Å². The van der Waals surface area contributed by atoms with E-state index in [2.05, 4.69) is 0 Å². The average Bonchev–Trinajstić information content (AvgIpc) is 2.03. The molecule has 1 aromatic rings. The minimum Gasteiger partial charge on any atom is -0.634 e. The van der Waals surface area contributed by atoms with Crippen molar-refractivity contribution < 1.29 is 10.1 Å². The Kier molecular flexibility index (Phi) is 3.39. The number of nitrogens with one attached hydrogen (secondary N) is 2. The number of hydrogen-bond donors (Lipinski definition) is 2. The van der Waals surface area contributed by atoms with E-state index in [0.29, 0.717) is 12.2 Å². The molecule has 0 saturated carbocycles. The molecular formula is C9H14N2O2. The maximum atomic E-state index is 11.1. The number of para-hydroxylation sites is 1. The highest BCUT2D eigenvalue weighted by Gasteiger charge is 2.06. The molecule has 0 bridgehead atoms. The second kappa shape index (κ2) is 4.34. The van der Waals surface area contributed by atoms with Gasteiger partial charge >= 0.3 is 0 Å². The van der Waals surface area contributed by atoms with Gasteiger partial charge in [-0.15, -0.1) is 0 Å². The molecule has 0 amide bonds. The molecule has 2 N–H and O–H groups in total. The van der Waals surface area contributed by atoms with Gasteiger partial charge in [-0.3, -0.25) is 0 Å². The molecule has 13 heavy (non-hydrogen) atoms. The summed E-state index contributed by atoms with van der Waals surface area (Å²) in [4.78, 5) is 0. The van der Waals surface area contributed by atoms with Crippen molar-refractivity contribution in [3.63, 3.8) is 0 Å². The summed E-state index contributed by atoms with van der Waals surface area (Å²) < 4.78 is 0. The van der Waals surface area contributed by atoms with E-state index >= 15 is 0 Å². The Morgan fingerprint density at radius 2 is 1.77 bits per heavy atom. The summed E-state index contributed by atoms with van der Waals surface area (Å²) in [6.45, 7) is 0.343. The summed E-state index contributed by atoms with van der Waals surface area (Å²) >= 11 is 0. The smallest absolute Gasteiger partial charge is 0.139 e. The minimum absolute atomic E-state index is 0.0110. The van der Waals surface area contributed by atoms with Gasteiger partial charge in [0.2, 0.25) is 0 Å². The Balaban J connectivity index is 2.91. The predicted molar refractivity (Wildman–Crippen MR) is 50.3 cm³/mol. The molecule has 0 aliphatic heterocycles. The van der Waals surface area contributed by atoms with Crippen molar-refractivity contribution in [2.75, 3.05) is 14.1 Å². The Bertz CT molecular complexity index is 274. The first kappa shape index (κ1) is 10.1. The van der Waals surface area contributed by atoms with Gasteiger partial charge in [-0.25, -0.2) is 0 Å². The van der Waals surface area contributed by atoms with Crippen LogP contribution in [-0.4, -0.2) is 14.1 Å². The molecule has 1 aromatic carbocycles. The maximum Gasteiger partial charge on any atom is 0.139 e. The third-order valence-corrected chi connectivity index (χ3v) is 1.84. The van der Waals surface area contributed by atoms with Crippen LogP contribution in [0.15, 0.2) is 24.3 Å². The lowest BCUT2D eigenvalue weighted by molar-refractivity contribution is -0.841. The molecule has 1 rings (SSSR count). The standard InChI is InChI=1S/C9H14N2O2/c1-10(12)7-8-5-3-4-6-9(8)11(2)13/h3-6,10-11H,7H2,1-2H3. The fourth-order valence-corrected chi connectivity index (χ4v) is 1.29. The van der Waals surface area contributed by atoms with E-state index in [1.165, 1.54) is 14.1 Å². The lowest BCUT2D eigenvalue weighted by Gasteiger charge is -2.21. The second-order valence-electron chi connectivity index (χ2n) is 3.09. The van der Waals surface area contributed by atoms with Crippen molar-refractivity contribution in [2.24, 2.45) is 0 Å². The van der Waals surface area contributed by atoms with Gasteiger partial charge in [-0.2, -0.15) is 0 Å². The van der Waals surface area contributed by atoms with Gasteiger partial charge in [0, 0.05) is 0 Å². The summed E-state index contributed by atoms with van der Waals surface area (Å²) in [6, 6.07) is 7.21. The first-order valence-electron chi connectivity index (χ1n) is 4.19. The molecule has 0 saturated heterocycles. The summed E-state index contributed by atoms with van der Waals surface area (Å²) in [6.07, 6.45) is 0. The Morgan fingerprint density at radius 3 is 2.31 bits per heavy atom. The van der Waals surface area contributed by atoms with E-state index in [1.54, 1.807) is 12.1 Å². The van der Waals surface area contributed by atoms with Crippen molar-refractivity contribution in [3.05, 3.63) is 40.2 Å². The molecule has 4 heteroatoms. The first-order valence-corrected chi connectivity index (χ1v) is 4.19. The van der Waals surface area contributed by atoms with Crippen LogP contribution in [0.4, 0.5) is 5.69 Å². The summed E-state index contributed by atoms with van der Waals surface area (Å²) in [5.74, 6) is 0. The highest BCUT2D eigenvalue weighted by Crippen LogP contribution is 2.07. The zero-order chi connectivity index (χ0) is 9.84. The molecule has 4 nitrogen and oxygen atoms in total. The largest absolute Gasteiger partial charge is 0.634 e. The van der Waals surface area contributed by atoms with Crippen molar-refractivity contribution in [2.45, 2.75) is 6.54 Å². The van der Waals surface area contributed by atoms with Crippen molar-refractivity contribution in [1.82, 2.24) is 0 Å². The Hall–Kier alpha value is -0.940. The molecule has 0 radical (unpaired) electrons. The van der Waals surface area contributed by atoms with E-state index in [9.17, 15) is 10.4 Å². The predicted octanol–water partition coefficient (Wildman–Crippen LogP) is -1.16. The van der Waals surface area contributed by atoms with Gasteiger partial charge in [0.1, 0.15) is 12.2 Å². The van der Waals surface area contributed by atoms with Gasteiger partial charge in [0.05, 0.1) is 19.7 Å². The van der Waals surface area contributed by atoms with Gasteiger partial charge in [0.15, 0.2) is 0 Å². The third kappa shape index (κ3) is 2.78. The van der Waals surface area contributed by atoms with Crippen LogP contribution in [0.5, 0.6) is 0 Å². The van der Waals surface area contributed by atoms with Gasteiger partial charge < -0.3 is 20.5 Å². The average molecular weight is 182 g/mol. The second-order valence-corrected chi connectivity index (χ2v) is 3.09. The van der Waals surface area contributed by atoms with Crippen LogP contribution < -0.4 is 10.1 Å². The Labute approximate surface area is 77.5 Å². The maximum absolute atomic E-state index is 11.1. The van der Waals surface area contributed by atoms with Crippen LogP contribution in [0.25, 0.3) is 0 Å². The minimum atomic E-state index is 0.0110. The van der Waals surface area contributed by atoms with Crippen LogP contribution in [-0.2, 0) is 6.54 Å². The van der Waals surface area contributed by atoms with E-state index in [4.69, 9.17) is 0 Å². The molecular weight excluding hydrogens is 168 g/mol. The van der Waals surface area contributed by atoms with Gasteiger partial charge in [-0.05, 0) is 12.1 Å². The first-order chi connectivity index (χ1) is 6.11. The normalized spacial score (nSPS) is 15.4. The molecule has 0 heterocycles. The number of quaternary nitrogens is 2. The zero-order valence-corrected chi connectivity index (χ0v) is 7.83. The monoisotopic (exact) mass is 182 g/mol.